The number of nitrogens with one attached hydrogen (secondary N) is 1. The molecule has 2 aromatic heterocycles. The number of nitro groups is 1. The molecule has 1 aliphatic heterocycles. The SMILES string of the molecule is Cc1ccc(N2CC(C(=O)Nc3nc4scc(-c5ccc([N+](=O)[O-])cc5)n4n3)CC2=O)cc1. The van der Waals surface area contributed by atoms with Crippen LogP contribution in [0.15, 0.2) is 53.9 Å². The minimum Gasteiger partial charge on any atom is -0.312 e. The van der Waals surface area contributed by atoms with Crippen molar-refractivity contribution in [3.63, 3.8) is 0 Å². The molecule has 0 radical (unpaired) electrons. The van der Waals surface area contributed by atoms with E-state index < -0.39 is 10.8 Å². The second-order valence-corrected chi connectivity index (χ2v) is 8.62. The van der Waals surface area contributed by atoms with Crippen LogP contribution < -0.4 is 10.2 Å². The van der Waals surface area contributed by atoms with Crippen LogP contribution in [0.5, 0.6) is 0 Å². The first-order valence-corrected chi connectivity index (χ1v) is 11.0. The number of aryl methyl sites for hydroxylation is 1. The van der Waals surface area contributed by atoms with Gasteiger partial charge in [0.2, 0.25) is 22.7 Å². The fourth-order valence-corrected chi connectivity index (χ4v) is 4.59. The van der Waals surface area contributed by atoms with E-state index in [4.69, 9.17) is 0 Å². The number of nitrogens with zero attached hydrogens (tertiary/aromatic N) is 5. The first kappa shape index (κ1) is 20.8. The van der Waals surface area contributed by atoms with Crippen molar-refractivity contribution in [3.05, 3.63) is 69.6 Å². The Labute approximate surface area is 191 Å². The van der Waals surface area contributed by atoms with Crippen molar-refractivity contribution in [1.82, 2.24) is 14.6 Å². The first-order chi connectivity index (χ1) is 15.9. The van der Waals surface area contributed by atoms with E-state index in [0.717, 1.165) is 16.8 Å². The Kier molecular flexibility index (Phi) is 5.09. The molecule has 0 saturated carbocycles. The maximum absolute atomic E-state index is 12.8. The number of hydrogen-bond donors (Lipinski definition) is 1. The number of non-ortho nitro benzene ring substituents is 1. The highest BCUT2D eigenvalue weighted by Gasteiger charge is 2.35. The molecule has 4 aromatic rings. The van der Waals surface area contributed by atoms with Gasteiger partial charge in [0, 0.05) is 41.7 Å². The van der Waals surface area contributed by atoms with Crippen LogP contribution in [-0.2, 0) is 9.59 Å². The lowest BCUT2D eigenvalue weighted by Gasteiger charge is -2.16. The molecule has 1 saturated heterocycles. The monoisotopic (exact) mass is 462 g/mol. The Morgan fingerprint density at radius 2 is 1.91 bits per heavy atom. The van der Waals surface area contributed by atoms with Gasteiger partial charge < -0.3 is 4.90 Å². The van der Waals surface area contributed by atoms with Crippen molar-refractivity contribution >= 4 is 45.4 Å². The summed E-state index contributed by atoms with van der Waals surface area (Å²) in [5, 5.41) is 19.8. The summed E-state index contributed by atoms with van der Waals surface area (Å²) in [6, 6.07) is 13.7. The van der Waals surface area contributed by atoms with Gasteiger partial charge in [-0.3, -0.25) is 25.0 Å². The van der Waals surface area contributed by atoms with Crippen LogP contribution in [0.4, 0.5) is 17.3 Å². The number of benzene rings is 2. The zero-order chi connectivity index (χ0) is 23.1. The average Bonchev–Trinajstić information content (AvgIpc) is 3.48. The van der Waals surface area contributed by atoms with Gasteiger partial charge >= 0.3 is 0 Å². The molecule has 0 bridgehead atoms. The van der Waals surface area contributed by atoms with Gasteiger partial charge in [-0.25, -0.2) is 4.52 Å². The predicted molar refractivity (Wildman–Crippen MR) is 123 cm³/mol. The molecule has 1 N–H and O–H groups in total. The molecular formula is C22H18N6O4S. The van der Waals surface area contributed by atoms with Crippen molar-refractivity contribution in [2.45, 2.75) is 13.3 Å². The number of nitro benzene ring substituents is 1. The summed E-state index contributed by atoms with van der Waals surface area (Å²) in [6.45, 7) is 2.27. The molecule has 10 nitrogen and oxygen atoms in total. The van der Waals surface area contributed by atoms with Crippen LogP contribution in [0, 0.1) is 23.0 Å². The zero-order valence-corrected chi connectivity index (χ0v) is 18.3. The van der Waals surface area contributed by atoms with E-state index in [2.05, 4.69) is 15.4 Å². The summed E-state index contributed by atoms with van der Waals surface area (Å²) in [7, 11) is 0. The molecule has 2 amide bonds. The molecule has 1 atom stereocenters. The summed E-state index contributed by atoms with van der Waals surface area (Å²) < 4.78 is 1.58. The van der Waals surface area contributed by atoms with Crippen LogP contribution in [0.1, 0.15) is 12.0 Å². The maximum atomic E-state index is 12.8. The number of carbonyl (C=O) groups is 2. The van der Waals surface area contributed by atoms with Gasteiger partial charge in [0.25, 0.3) is 5.69 Å². The molecule has 0 spiro atoms. The van der Waals surface area contributed by atoms with Gasteiger partial charge in [-0.2, -0.15) is 4.98 Å². The highest BCUT2D eigenvalue weighted by molar-refractivity contribution is 7.15. The quantitative estimate of drug-likeness (QED) is 0.357. The van der Waals surface area contributed by atoms with Crippen LogP contribution >= 0.6 is 11.3 Å². The van der Waals surface area contributed by atoms with E-state index in [1.54, 1.807) is 21.5 Å². The van der Waals surface area contributed by atoms with Crippen LogP contribution in [0.25, 0.3) is 16.2 Å². The Morgan fingerprint density at radius 3 is 2.61 bits per heavy atom. The Hall–Kier alpha value is -4.12. The lowest BCUT2D eigenvalue weighted by Crippen LogP contribution is -2.28. The van der Waals surface area contributed by atoms with Crippen LogP contribution in [0.2, 0.25) is 0 Å². The van der Waals surface area contributed by atoms with Gasteiger partial charge in [0.15, 0.2) is 0 Å². The number of carbonyl (C=O) groups excluding carboxylic acids is 2. The number of anilines is 2. The van der Waals surface area contributed by atoms with Crippen molar-refractivity contribution < 1.29 is 14.5 Å². The molecule has 33 heavy (non-hydrogen) atoms. The molecule has 0 aliphatic carbocycles. The smallest absolute Gasteiger partial charge is 0.269 e. The van der Waals surface area contributed by atoms with E-state index in [0.29, 0.717) is 17.2 Å². The normalized spacial score (nSPS) is 15.8. The van der Waals surface area contributed by atoms with E-state index in [1.807, 2.05) is 36.6 Å². The fraction of sp³-hybridized carbons (Fsp3) is 0.182. The second kappa shape index (κ2) is 8.10. The second-order valence-electron chi connectivity index (χ2n) is 7.78. The molecule has 1 fully saturated rings. The topological polar surface area (TPSA) is 123 Å². The van der Waals surface area contributed by atoms with E-state index in [1.165, 1.54) is 23.5 Å². The Balaban J connectivity index is 1.31. The Bertz CT molecular complexity index is 1380. The van der Waals surface area contributed by atoms with Crippen molar-refractivity contribution in [2.75, 3.05) is 16.8 Å². The first-order valence-electron chi connectivity index (χ1n) is 10.2. The standard InChI is InChI=1S/C22H18N6O4S/c1-13-2-6-16(7-3-13)26-11-15(10-19(26)29)20(30)23-21-24-22-27(25-21)18(12-33-22)14-4-8-17(9-5-14)28(31)32/h2-9,12,15H,10-11H2,1H3,(H,23,25,30). The van der Waals surface area contributed by atoms with Crippen LogP contribution in [-0.4, -0.2) is 37.9 Å². The average molecular weight is 462 g/mol. The lowest BCUT2D eigenvalue weighted by atomic mass is 10.1. The molecule has 11 heteroatoms. The lowest BCUT2D eigenvalue weighted by molar-refractivity contribution is -0.384. The minimum absolute atomic E-state index is 0.00237. The number of thiazole rings is 1. The van der Waals surface area contributed by atoms with Crippen molar-refractivity contribution in [3.8, 4) is 11.3 Å². The number of fused-ring (bicyclic) bond motifs is 1. The molecule has 1 aliphatic rings. The van der Waals surface area contributed by atoms with Crippen LogP contribution in [0.3, 0.4) is 0 Å². The molecule has 1 unspecified atom stereocenters. The van der Waals surface area contributed by atoms with Gasteiger partial charge in [0.05, 0.1) is 16.5 Å². The van der Waals surface area contributed by atoms with Crippen molar-refractivity contribution in [2.24, 2.45) is 5.92 Å². The molecule has 166 valence electrons. The number of hydrogen-bond acceptors (Lipinski definition) is 7. The Morgan fingerprint density at radius 1 is 1.18 bits per heavy atom. The van der Waals surface area contributed by atoms with Crippen molar-refractivity contribution in [1.29, 1.82) is 0 Å². The van der Waals surface area contributed by atoms with Gasteiger partial charge in [0.1, 0.15) is 0 Å². The zero-order valence-electron chi connectivity index (χ0n) is 17.5. The van der Waals surface area contributed by atoms with Gasteiger partial charge in [-0.1, -0.05) is 17.7 Å². The molecule has 5 rings (SSSR count). The number of aromatic nitrogens is 3. The fourth-order valence-electron chi connectivity index (χ4n) is 3.76. The molecular weight excluding hydrogens is 444 g/mol. The summed E-state index contributed by atoms with van der Waals surface area (Å²) in [6.07, 6.45) is 0.121. The summed E-state index contributed by atoms with van der Waals surface area (Å²) >= 11 is 1.34. The third-order valence-electron chi connectivity index (χ3n) is 5.53. The number of rotatable bonds is 5. The third-order valence-corrected chi connectivity index (χ3v) is 6.35. The minimum atomic E-state index is -0.505. The largest absolute Gasteiger partial charge is 0.312 e. The highest BCUT2D eigenvalue weighted by Crippen LogP contribution is 2.29. The third kappa shape index (κ3) is 3.94. The molecule has 3 heterocycles. The summed E-state index contributed by atoms with van der Waals surface area (Å²) in [4.78, 5) is 42.2. The van der Waals surface area contributed by atoms with Gasteiger partial charge in [-0.05, 0) is 31.2 Å². The maximum Gasteiger partial charge on any atom is 0.269 e. The number of amides is 2. The highest BCUT2D eigenvalue weighted by atomic mass is 32.1. The van der Waals surface area contributed by atoms with E-state index in [-0.39, 0.29) is 29.9 Å². The summed E-state index contributed by atoms with van der Waals surface area (Å²) in [5.41, 5.74) is 3.32. The molecule has 2 aromatic carbocycles. The predicted octanol–water partition coefficient (Wildman–Crippen LogP) is 3.67. The van der Waals surface area contributed by atoms with E-state index in [9.17, 15) is 19.7 Å². The van der Waals surface area contributed by atoms with E-state index >= 15 is 0 Å². The van der Waals surface area contributed by atoms with Gasteiger partial charge in [-0.15, -0.1) is 16.4 Å². The summed E-state index contributed by atoms with van der Waals surface area (Å²) in [5.74, 6) is -0.767.